The van der Waals surface area contributed by atoms with E-state index in [0.717, 1.165) is 18.7 Å². The molecular weight excluding hydrogens is 238 g/mol. The van der Waals surface area contributed by atoms with E-state index in [-0.39, 0.29) is 11.0 Å². The van der Waals surface area contributed by atoms with Crippen LogP contribution in [0, 0.1) is 5.41 Å². The Morgan fingerprint density at radius 3 is 2.59 bits per heavy atom. The maximum Gasteiger partial charge on any atom is 0.335 e. The number of rotatable bonds is 5. The summed E-state index contributed by atoms with van der Waals surface area (Å²) in [7, 11) is 0. The molecule has 0 aromatic heterocycles. The van der Waals surface area contributed by atoms with Gasteiger partial charge in [0.25, 0.3) is 0 Å². The molecule has 0 saturated heterocycles. The van der Waals surface area contributed by atoms with Crippen LogP contribution < -0.4 is 5.32 Å². The van der Waals surface area contributed by atoms with Crippen molar-refractivity contribution in [2.75, 3.05) is 11.9 Å². The molecule has 0 radical (unpaired) electrons. The van der Waals surface area contributed by atoms with Gasteiger partial charge in [0.15, 0.2) is 0 Å². The Morgan fingerprint density at radius 1 is 1.47 bits per heavy atom. The first-order valence-corrected chi connectivity index (χ1v) is 6.00. The minimum absolute atomic E-state index is 0.189. The zero-order chi connectivity index (χ0) is 13.1. The predicted molar refractivity (Wildman–Crippen MR) is 71.0 cm³/mol. The second kappa shape index (κ2) is 5.41. The van der Waals surface area contributed by atoms with Crippen LogP contribution in [0.2, 0.25) is 5.02 Å². The molecular formula is C13H18ClNO2. The van der Waals surface area contributed by atoms with Gasteiger partial charge in [-0.15, -0.1) is 0 Å². The predicted octanol–water partition coefficient (Wildman–Crippen LogP) is 3.89. The Hall–Kier alpha value is -1.22. The third kappa shape index (κ3) is 3.93. The lowest BCUT2D eigenvalue weighted by Gasteiger charge is -2.24. The number of benzene rings is 1. The highest BCUT2D eigenvalue weighted by Gasteiger charge is 2.15. The van der Waals surface area contributed by atoms with Crippen molar-refractivity contribution in [1.82, 2.24) is 0 Å². The molecule has 1 rings (SSSR count). The Balaban J connectivity index is 2.77. The summed E-state index contributed by atoms with van der Waals surface area (Å²) >= 11 is 6.02. The van der Waals surface area contributed by atoms with Gasteiger partial charge in [0, 0.05) is 6.54 Å². The molecule has 1 aromatic rings. The van der Waals surface area contributed by atoms with Gasteiger partial charge >= 0.3 is 5.97 Å². The van der Waals surface area contributed by atoms with Crippen LogP contribution in [-0.4, -0.2) is 17.6 Å². The second-order valence-corrected chi connectivity index (χ2v) is 5.28. The fraction of sp³-hybridized carbons (Fsp3) is 0.462. The van der Waals surface area contributed by atoms with E-state index < -0.39 is 5.97 Å². The van der Waals surface area contributed by atoms with E-state index >= 15 is 0 Å². The summed E-state index contributed by atoms with van der Waals surface area (Å²) in [5.41, 5.74) is 1.17. The number of hydrogen-bond donors (Lipinski definition) is 2. The number of aromatic carboxylic acids is 1. The van der Waals surface area contributed by atoms with E-state index in [9.17, 15) is 4.79 Å². The SMILES string of the molecule is CCC(C)(C)CNc1ccc(C(=O)O)cc1Cl. The number of hydrogen-bond acceptors (Lipinski definition) is 2. The molecule has 3 nitrogen and oxygen atoms in total. The quantitative estimate of drug-likeness (QED) is 0.839. The van der Waals surface area contributed by atoms with Crippen LogP contribution in [0.4, 0.5) is 5.69 Å². The van der Waals surface area contributed by atoms with Crippen molar-refractivity contribution in [3.05, 3.63) is 28.8 Å². The highest BCUT2D eigenvalue weighted by atomic mass is 35.5. The van der Waals surface area contributed by atoms with Gasteiger partial charge in [-0.1, -0.05) is 32.4 Å². The second-order valence-electron chi connectivity index (χ2n) is 4.87. The lowest BCUT2D eigenvalue weighted by Crippen LogP contribution is -2.22. The maximum absolute atomic E-state index is 10.7. The summed E-state index contributed by atoms with van der Waals surface area (Å²) in [6, 6.07) is 4.72. The fourth-order valence-corrected chi connectivity index (χ4v) is 1.50. The summed E-state index contributed by atoms with van der Waals surface area (Å²) in [6.45, 7) is 7.27. The Morgan fingerprint density at radius 2 is 2.12 bits per heavy atom. The standard InChI is InChI=1S/C13H18ClNO2/c1-4-13(2,3)8-15-11-6-5-9(12(16)17)7-10(11)14/h5-7,15H,4,8H2,1-3H3,(H,16,17). The van der Waals surface area contributed by atoms with Crippen LogP contribution in [0.15, 0.2) is 18.2 Å². The van der Waals surface area contributed by atoms with E-state index in [1.54, 1.807) is 12.1 Å². The number of carbonyl (C=O) groups is 1. The van der Waals surface area contributed by atoms with Crippen molar-refractivity contribution in [1.29, 1.82) is 0 Å². The third-order valence-corrected chi connectivity index (χ3v) is 3.24. The lowest BCUT2D eigenvalue weighted by molar-refractivity contribution is 0.0697. The van der Waals surface area contributed by atoms with Crippen LogP contribution in [0.25, 0.3) is 0 Å². The Labute approximate surface area is 107 Å². The third-order valence-electron chi connectivity index (χ3n) is 2.93. The summed E-state index contributed by atoms with van der Waals surface area (Å²) in [6.07, 6.45) is 1.06. The Kier molecular flexibility index (Phi) is 4.40. The number of nitrogens with one attached hydrogen (secondary N) is 1. The van der Waals surface area contributed by atoms with Gasteiger partial charge in [0.1, 0.15) is 0 Å². The molecule has 0 saturated carbocycles. The van der Waals surface area contributed by atoms with E-state index in [2.05, 4.69) is 26.1 Å². The number of carboxylic acids is 1. The van der Waals surface area contributed by atoms with Crippen LogP contribution in [0.1, 0.15) is 37.6 Å². The number of carboxylic acid groups (broad SMARTS) is 1. The van der Waals surface area contributed by atoms with E-state index in [0.29, 0.717) is 5.02 Å². The first-order valence-electron chi connectivity index (χ1n) is 5.62. The van der Waals surface area contributed by atoms with Gasteiger partial charge in [-0.3, -0.25) is 0 Å². The smallest absolute Gasteiger partial charge is 0.335 e. The van der Waals surface area contributed by atoms with Crippen LogP contribution >= 0.6 is 11.6 Å². The molecule has 4 heteroatoms. The zero-order valence-corrected chi connectivity index (χ0v) is 11.1. The molecule has 0 amide bonds. The van der Waals surface area contributed by atoms with E-state index in [1.165, 1.54) is 6.07 Å². The molecule has 0 spiro atoms. The summed E-state index contributed by atoms with van der Waals surface area (Å²) < 4.78 is 0. The van der Waals surface area contributed by atoms with E-state index in [1.807, 2.05) is 0 Å². The van der Waals surface area contributed by atoms with Crippen LogP contribution in [-0.2, 0) is 0 Å². The minimum Gasteiger partial charge on any atom is -0.478 e. The largest absolute Gasteiger partial charge is 0.478 e. The molecule has 0 atom stereocenters. The van der Waals surface area contributed by atoms with Crippen LogP contribution in [0.3, 0.4) is 0 Å². The average molecular weight is 256 g/mol. The summed E-state index contributed by atoms with van der Waals surface area (Å²) in [4.78, 5) is 10.7. The van der Waals surface area contributed by atoms with Crippen molar-refractivity contribution >= 4 is 23.3 Å². The topological polar surface area (TPSA) is 49.3 Å². The van der Waals surface area contributed by atoms with Gasteiger partial charge in [0.2, 0.25) is 0 Å². The monoisotopic (exact) mass is 255 g/mol. The highest BCUT2D eigenvalue weighted by Crippen LogP contribution is 2.26. The normalized spacial score (nSPS) is 11.3. The van der Waals surface area contributed by atoms with Crippen molar-refractivity contribution in [3.8, 4) is 0 Å². The molecule has 17 heavy (non-hydrogen) atoms. The molecule has 0 unspecified atom stereocenters. The fourth-order valence-electron chi connectivity index (χ4n) is 1.25. The Bertz CT molecular complexity index is 416. The van der Waals surface area contributed by atoms with Gasteiger partial charge in [-0.2, -0.15) is 0 Å². The van der Waals surface area contributed by atoms with Crippen molar-refractivity contribution in [2.45, 2.75) is 27.2 Å². The summed E-state index contributed by atoms with van der Waals surface area (Å²) in [5, 5.41) is 12.5. The molecule has 0 bridgehead atoms. The summed E-state index contributed by atoms with van der Waals surface area (Å²) in [5.74, 6) is -0.965. The molecule has 0 heterocycles. The van der Waals surface area contributed by atoms with Gasteiger partial charge in [-0.25, -0.2) is 4.79 Å². The van der Waals surface area contributed by atoms with Crippen molar-refractivity contribution in [2.24, 2.45) is 5.41 Å². The number of anilines is 1. The maximum atomic E-state index is 10.7. The van der Waals surface area contributed by atoms with Crippen molar-refractivity contribution in [3.63, 3.8) is 0 Å². The molecule has 0 aliphatic carbocycles. The first kappa shape index (κ1) is 13.8. The molecule has 1 aromatic carbocycles. The average Bonchev–Trinajstić information content (AvgIpc) is 2.27. The highest BCUT2D eigenvalue weighted by molar-refractivity contribution is 6.33. The van der Waals surface area contributed by atoms with Crippen LogP contribution in [0.5, 0.6) is 0 Å². The van der Waals surface area contributed by atoms with Gasteiger partial charge in [0.05, 0.1) is 16.3 Å². The zero-order valence-electron chi connectivity index (χ0n) is 10.4. The molecule has 2 N–H and O–H groups in total. The molecule has 0 aliphatic rings. The van der Waals surface area contributed by atoms with Gasteiger partial charge in [-0.05, 0) is 30.0 Å². The minimum atomic E-state index is -0.965. The first-order chi connectivity index (χ1) is 7.85. The van der Waals surface area contributed by atoms with Crippen molar-refractivity contribution < 1.29 is 9.90 Å². The molecule has 94 valence electrons. The van der Waals surface area contributed by atoms with E-state index in [4.69, 9.17) is 16.7 Å². The molecule has 0 aliphatic heterocycles. The molecule has 0 fully saturated rings. The van der Waals surface area contributed by atoms with Gasteiger partial charge < -0.3 is 10.4 Å². The lowest BCUT2D eigenvalue weighted by atomic mass is 9.90. The number of halogens is 1.